The highest BCUT2D eigenvalue weighted by Gasteiger charge is 2.32. The summed E-state index contributed by atoms with van der Waals surface area (Å²) in [4.78, 5) is 14.5. The average molecular weight is 437 g/mol. The molecule has 136 valence electrons. The van der Waals surface area contributed by atoms with Gasteiger partial charge in [0.05, 0.1) is 3.79 Å². The standard InChI is InChI=1S/C16H25BrN2O3S2/c1-3-5-6-13(4-2)16(20)18-9-11-19(12-10-18)24(21,22)15-8-7-14(17)23-15/h7-8,13H,3-6,9-12H2,1-2H3. The molecular formula is C16H25BrN2O3S2. The summed E-state index contributed by atoms with van der Waals surface area (Å²) in [6.45, 7) is 5.87. The molecule has 0 N–H and O–H groups in total. The van der Waals surface area contributed by atoms with E-state index < -0.39 is 10.0 Å². The molecule has 1 atom stereocenters. The SMILES string of the molecule is CCCCC(CC)C(=O)N1CCN(S(=O)(=O)c2ccc(Br)s2)CC1. The molecule has 1 aromatic heterocycles. The molecule has 5 nitrogen and oxygen atoms in total. The minimum atomic E-state index is -3.45. The van der Waals surface area contributed by atoms with E-state index in [1.54, 1.807) is 12.1 Å². The van der Waals surface area contributed by atoms with Crippen LogP contribution >= 0.6 is 27.3 Å². The molecule has 8 heteroatoms. The quantitative estimate of drug-likeness (QED) is 0.656. The lowest BCUT2D eigenvalue weighted by Gasteiger charge is -2.35. The number of thiophene rings is 1. The fraction of sp³-hybridized carbons (Fsp3) is 0.688. The van der Waals surface area contributed by atoms with Crippen LogP contribution in [0.5, 0.6) is 0 Å². The van der Waals surface area contributed by atoms with Gasteiger partial charge in [-0.25, -0.2) is 8.42 Å². The van der Waals surface area contributed by atoms with E-state index in [1.807, 2.05) is 11.8 Å². The van der Waals surface area contributed by atoms with Crippen molar-refractivity contribution >= 4 is 43.2 Å². The molecule has 1 aliphatic heterocycles. The third-order valence-corrected chi connectivity index (χ3v) is 8.43. The number of piperazine rings is 1. The highest BCUT2D eigenvalue weighted by molar-refractivity contribution is 9.11. The predicted molar refractivity (Wildman–Crippen MR) is 101 cm³/mol. The maximum Gasteiger partial charge on any atom is 0.252 e. The Morgan fingerprint density at radius 2 is 1.92 bits per heavy atom. The van der Waals surface area contributed by atoms with Gasteiger partial charge in [-0.05, 0) is 40.9 Å². The Morgan fingerprint density at radius 3 is 2.42 bits per heavy atom. The molecular weight excluding hydrogens is 412 g/mol. The molecule has 1 amide bonds. The average Bonchev–Trinajstić information content (AvgIpc) is 3.03. The second-order valence-electron chi connectivity index (χ2n) is 6.04. The first-order valence-corrected chi connectivity index (χ1v) is 11.5. The molecule has 2 rings (SSSR count). The van der Waals surface area contributed by atoms with E-state index in [0.29, 0.717) is 30.4 Å². The molecule has 1 saturated heterocycles. The van der Waals surface area contributed by atoms with Gasteiger partial charge in [-0.1, -0.05) is 26.7 Å². The Bertz CT molecular complexity index is 652. The number of hydrogen-bond donors (Lipinski definition) is 0. The zero-order valence-corrected chi connectivity index (χ0v) is 17.4. The van der Waals surface area contributed by atoms with Gasteiger partial charge in [-0.3, -0.25) is 4.79 Å². The van der Waals surface area contributed by atoms with Crippen molar-refractivity contribution in [3.8, 4) is 0 Å². The monoisotopic (exact) mass is 436 g/mol. The van der Waals surface area contributed by atoms with E-state index in [4.69, 9.17) is 0 Å². The molecule has 1 fully saturated rings. The molecule has 24 heavy (non-hydrogen) atoms. The van der Waals surface area contributed by atoms with Crippen LogP contribution < -0.4 is 0 Å². The highest BCUT2D eigenvalue weighted by Crippen LogP contribution is 2.29. The van der Waals surface area contributed by atoms with Crippen LogP contribution in [-0.2, 0) is 14.8 Å². The number of carbonyl (C=O) groups excluding carboxylic acids is 1. The summed E-state index contributed by atoms with van der Waals surface area (Å²) in [5, 5.41) is 0. The zero-order chi connectivity index (χ0) is 17.7. The van der Waals surface area contributed by atoms with Crippen molar-refractivity contribution in [3.05, 3.63) is 15.9 Å². The molecule has 0 spiro atoms. The Hall–Kier alpha value is -0.440. The zero-order valence-electron chi connectivity index (χ0n) is 14.2. The number of nitrogens with zero attached hydrogens (tertiary/aromatic N) is 2. The number of carbonyl (C=O) groups is 1. The molecule has 0 radical (unpaired) electrons. The van der Waals surface area contributed by atoms with Crippen LogP contribution in [-0.4, -0.2) is 49.7 Å². The van der Waals surface area contributed by atoms with Gasteiger partial charge in [-0.15, -0.1) is 11.3 Å². The van der Waals surface area contributed by atoms with Gasteiger partial charge < -0.3 is 4.90 Å². The van der Waals surface area contributed by atoms with Crippen molar-refractivity contribution in [2.75, 3.05) is 26.2 Å². The number of halogens is 1. The number of amides is 1. The lowest BCUT2D eigenvalue weighted by Crippen LogP contribution is -2.51. The van der Waals surface area contributed by atoms with Crippen LogP contribution in [0.15, 0.2) is 20.1 Å². The maximum absolute atomic E-state index is 12.6. The Kier molecular flexibility index (Phi) is 7.27. The van der Waals surface area contributed by atoms with Crippen LogP contribution in [0.4, 0.5) is 0 Å². The molecule has 0 bridgehead atoms. The number of rotatable bonds is 7. The second kappa shape index (κ2) is 8.78. The Balaban J connectivity index is 1.96. The lowest BCUT2D eigenvalue weighted by molar-refractivity contribution is -0.137. The van der Waals surface area contributed by atoms with Gasteiger partial charge in [0.15, 0.2) is 0 Å². The number of unbranched alkanes of at least 4 members (excludes halogenated alkanes) is 1. The topological polar surface area (TPSA) is 57.7 Å². The van der Waals surface area contributed by atoms with Crippen molar-refractivity contribution in [2.24, 2.45) is 5.92 Å². The number of sulfonamides is 1. The van der Waals surface area contributed by atoms with Crippen molar-refractivity contribution < 1.29 is 13.2 Å². The van der Waals surface area contributed by atoms with Crippen LogP contribution in [0.2, 0.25) is 0 Å². The van der Waals surface area contributed by atoms with Gasteiger partial charge in [-0.2, -0.15) is 4.31 Å². The summed E-state index contributed by atoms with van der Waals surface area (Å²) in [5.41, 5.74) is 0. The van der Waals surface area contributed by atoms with E-state index in [1.165, 1.54) is 15.6 Å². The molecule has 1 aliphatic rings. The summed E-state index contributed by atoms with van der Waals surface area (Å²) in [6, 6.07) is 3.37. The summed E-state index contributed by atoms with van der Waals surface area (Å²) < 4.78 is 27.9. The first kappa shape index (κ1) is 19.9. The van der Waals surface area contributed by atoms with E-state index in [0.717, 1.165) is 29.5 Å². The third-order valence-electron chi connectivity index (χ3n) is 4.44. The van der Waals surface area contributed by atoms with Crippen LogP contribution in [0.25, 0.3) is 0 Å². The first-order chi connectivity index (χ1) is 11.4. The molecule has 1 aromatic rings. The molecule has 2 heterocycles. The summed E-state index contributed by atoms with van der Waals surface area (Å²) in [5.74, 6) is 0.253. The van der Waals surface area contributed by atoms with Crippen molar-refractivity contribution in [1.82, 2.24) is 9.21 Å². The van der Waals surface area contributed by atoms with E-state index in [9.17, 15) is 13.2 Å². The summed E-state index contributed by atoms with van der Waals surface area (Å²) >= 11 is 4.52. The van der Waals surface area contributed by atoms with Gasteiger partial charge in [0.1, 0.15) is 4.21 Å². The minimum Gasteiger partial charge on any atom is -0.340 e. The highest BCUT2D eigenvalue weighted by atomic mass is 79.9. The number of hydrogen-bond acceptors (Lipinski definition) is 4. The predicted octanol–water partition coefficient (Wildman–Crippen LogP) is 3.56. The van der Waals surface area contributed by atoms with Crippen molar-refractivity contribution in [3.63, 3.8) is 0 Å². The van der Waals surface area contributed by atoms with Gasteiger partial charge >= 0.3 is 0 Å². The Morgan fingerprint density at radius 1 is 1.25 bits per heavy atom. The van der Waals surface area contributed by atoms with Crippen LogP contribution in [0.1, 0.15) is 39.5 Å². The van der Waals surface area contributed by atoms with E-state index >= 15 is 0 Å². The lowest BCUT2D eigenvalue weighted by atomic mass is 9.97. The normalized spacial score (nSPS) is 17.9. The van der Waals surface area contributed by atoms with E-state index in [2.05, 4.69) is 22.9 Å². The molecule has 0 aromatic carbocycles. The second-order valence-corrected chi connectivity index (χ2v) is 10.7. The van der Waals surface area contributed by atoms with Gasteiger partial charge in [0.25, 0.3) is 10.0 Å². The van der Waals surface area contributed by atoms with Crippen LogP contribution in [0, 0.1) is 5.92 Å². The van der Waals surface area contributed by atoms with Crippen molar-refractivity contribution in [2.45, 2.75) is 43.7 Å². The van der Waals surface area contributed by atoms with Gasteiger partial charge in [0.2, 0.25) is 5.91 Å². The Labute approximate surface area is 157 Å². The fourth-order valence-corrected chi connectivity index (χ4v) is 6.51. The maximum atomic E-state index is 12.6. The van der Waals surface area contributed by atoms with Gasteiger partial charge in [0, 0.05) is 32.1 Å². The van der Waals surface area contributed by atoms with E-state index in [-0.39, 0.29) is 11.8 Å². The summed E-state index contributed by atoms with van der Waals surface area (Å²) in [7, 11) is -3.45. The molecule has 0 aliphatic carbocycles. The minimum absolute atomic E-state index is 0.0707. The van der Waals surface area contributed by atoms with Crippen molar-refractivity contribution in [1.29, 1.82) is 0 Å². The smallest absolute Gasteiger partial charge is 0.252 e. The first-order valence-electron chi connectivity index (χ1n) is 8.44. The van der Waals surface area contributed by atoms with Crippen LogP contribution in [0.3, 0.4) is 0 Å². The largest absolute Gasteiger partial charge is 0.340 e. The third kappa shape index (κ3) is 4.59. The summed E-state index contributed by atoms with van der Waals surface area (Å²) in [6.07, 6.45) is 3.92. The molecule has 0 saturated carbocycles. The fourth-order valence-electron chi connectivity index (χ4n) is 2.92. The molecule has 1 unspecified atom stereocenters.